The first kappa shape index (κ1) is 37.5. The molecule has 8 nitrogen and oxygen atoms in total. The van der Waals surface area contributed by atoms with E-state index in [-0.39, 0.29) is 14.8 Å². The van der Waals surface area contributed by atoms with Gasteiger partial charge in [0.25, 0.3) is 0 Å². The maximum absolute atomic E-state index is 9.09. The Bertz CT molecular complexity index is 1260. The van der Waals surface area contributed by atoms with Crippen molar-refractivity contribution in [2.75, 3.05) is 54.4 Å². The van der Waals surface area contributed by atoms with Crippen molar-refractivity contribution >= 4 is 12.2 Å². The first-order valence-electron chi connectivity index (χ1n) is 15.3. The molecule has 0 spiro atoms. The number of allylic oxidation sites excluding steroid dienone is 1. The number of benzene rings is 3. The minimum absolute atomic E-state index is 0. The van der Waals surface area contributed by atoms with Crippen molar-refractivity contribution < 1.29 is 35.3 Å². The molecule has 0 atom stereocenters. The van der Waals surface area contributed by atoms with Gasteiger partial charge < -0.3 is 39.2 Å². The van der Waals surface area contributed by atoms with Gasteiger partial charge in [-0.2, -0.15) is 0 Å². The van der Waals surface area contributed by atoms with Gasteiger partial charge in [0.1, 0.15) is 24.0 Å². The highest BCUT2D eigenvalue weighted by molar-refractivity contribution is 5.70. The Morgan fingerprint density at radius 1 is 0.933 bits per heavy atom. The van der Waals surface area contributed by atoms with Gasteiger partial charge in [-0.3, -0.25) is 0 Å². The molecule has 0 aliphatic carbocycles. The molecule has 1 fully saturated rings. The monoisotopic (exact) mass is 623 g/mol. The molecule has 0 aromatic heterocycles. The Morgan fingerprint density at radius 2 is 1.62 bits per heavy atom. The molecular weight excluding hydrogens is 570 g/mol. The quantitative estimate of drug-likeness (QED) is 0.133. The molecule has 0 saturated carbocycles. The van der Waals surface area contributed by atoms with Gasteiger partial charge in [-0.25, -0.2) is 0 Å². The van der Waals surface area contributed by atoms with Crippen LogP contribution in [0.4, 0.5) is 0 Å². The SMILES string of the molecule is C=Cc1cc(CO)cc(OC)c1/C=C\C.COCO.COc1ccccc1COCCCOc1ccc(C2CCNCC2)cc1.[HH]. The second kappa shape index (κ2) is 22.8. The third-order valence-corrected chi connectivity index (χ3v) is 7.16. The van der Waals surface area contributed by atoms with Crippen molar-refractivity contribution in [2.24, 2.45) is 0 Å². The maximum atomic E-state index is 9.09. The van der Waals surface area contributed by atoms with E-state index in [1.807, 2.05) is 55.5 Å². The fraction of sp³-hybridized carbons (Fsp3) is 0.405. The number of nitrogens with one attached hydrogen (secondary N) is 1. The van der Waals surface area contributed by atoms with E-state index >= 15 is 0 Å². The molecule has 0 unspecified atom stereocenters. The van der Waals surface area contributed by atoms with Crippen molar-refractivity contribution in [3.05, 3.63) is 101 Å². The Kier molecular flexibility index (Phi) is 19.0. The van der Waals surface area contributed by atoms with Crippen LogP contribution in [-0.4, -0.2) is 64.6 Å². The van der Waals surface area contributed by atoms with Crippen molar-refractivity contribution in [1.82, 2.24) is 5.32 Å². The average molecular weight is 624 g/mol. The molecule has 1 aliphatic rings. The highest BCUT2D eigenvalue weighted by Crippen LogP contribution is 2.28. The number of piperidine rings is 1. The van der Waals surface area contributed by atoms with Crippen molar-refractivity contribution in [1.29, 1.82) is 0 Å². The van der Waals surface area contributed by atoms with E-state index in [0.29, 0.717) is 25.7 Å². The van der Waals surface area contributed by atoms with Crippen LogP contribution in [0.5, 0.6) is 17.2 Å². The standard InChI is InChI=1S/C22H29NO3.C13H16O2.C2H6O2.H2/c1-24-22-6-3-2-5-20(22)17-25-15-4-16-26-21-9-7-18(8-10-21)19-11-13-23-14-12-19;1-4-6-12-11(5-2)7-10(9-14)8-13(12)15-3;1-4-2-3;/h2-3,5-10,19,23H,4,11-17H2,1H3;4-8,14H,2,9H2,1,3H3;3H,2H2,1H3;1H/b;6-4-;;. The molecule has 4 rings (SSSR count). The van der Waals surface area contributed by atoms with Crippen molar-refractivity contribution in [3.8, 4) is 17.2 Å². The minimum Gasteiger partial charge on any atom is -0.496 e. The lowest BCUT2D eigenvalue weighted by Gasteiger charge is -2.23. The molecule has 3 aromatic rings. The summed E-state index contributed by atoms with van der Waals surface area (Å²) in [6, 6.07) is 20.3. The van der Waals surface area contributed by atoms with Gasteiger partial charge in [0.2, 0.25) is 0 Å². The Balaban J connectivity index is 0.000000450. The van der Waals surface area contributed by atoms with Gasteiger partial charge in [0, 0.05) is 26.1 Å². The molecular formula is C37H53NO7. The second-order valence-corrected chi connectivity index (χ2v) is 10.2. The second-order valence-electron chi connectivity index (χ2n) is 10.2. The number of hydrogen-bond acceptors (Lipinski definition) is 8. The number of aliphatic hydroxyl groups is 2. The molecule has 3 N–H and O–H groups in total. The highest BCUT2D eigenvalue weighted by atomic mass is 16.6. The van der Waals surface area contributed by atoms with Crippen LogP contribution in [0, 0.1) is 0 Å². The van der Waals surface area contributed by atoms with E-state index in [2.05, 4.69) is 40.9 Å². The van der Waals surface area contributed by atoms with E-state index in [1.165, 1.54) is 25.5 Å². The topological polar surface area (TPSA) is 98.6 Å². The normalized spacial score (nSPS) is 12.8. The summed E-state index contributed by atoms with van der Waals surface area (Å²) in [5.41, 5.74) is 5.29. The number of aliphatic hydroxyl groups excluding tert-OH is 2. The summed E-state index contributed by atoms with van der Waals surface area (Å²) in [5.74, 6) is 3.26. The van der Waals surface area contributed by atoms with Gasteiger partial charge in [-0.05, 0) is 85.8 Å². The summed E-state index contributed by atoms with van der Waals surface area (Å²) >= 11 is 0. The van der Waals surface area contributed by atoms with Crippen molar-refractivity contribution in [2.45, 2.75) is 45.3 Å². The molecule has 0 amide bonds. The summed E-state index contributed by atoms with van der Waals surface area (Å²) in [6.07, 6.45) is 9.00. The van der Waals surface area contributed by atoms with E-state index < -0.39 is 0 Å². The zero-order valence-electron chi connectivity index (χ0n) is 27.3. The third-order valence-electron chi connectivity index (χ3n) is 7.16. The zero-order valence-corrected chi connectivity index (χ0v) is 27.3. The number of ether oxygens (including phenoxy) is 5. The summed E-state index contributed by atoms with van der Waals surface area (Å²) in [5, 5.41) is 20.2. The number of methoxy groups -OCH3 is 3. The first-order chi connectivity index (χ1) is 22.0. The van der Waals surface area contributed by atoms with E-state index in [1.54, 1.807) is 20.3 Å². The van der Waals surface area contributed by atoms with Crippen LogP contribution in [-0.2, 0) is 22.7 Å². The minimum atomic E-state index is -0.181. The average Bonchev–Trinajstić information content (AvgIpc) is 3.11. The fourth-order valence-corrected chi connectivity index (χ4v) is 4.83. The summed E-state index contributed by atoms with van der Waals surface area (Å²) in [6.45, 7) is 9.68. The molecule has 8 heteroatoms. The molecule has 0 radical (unpaired) electrons. The van der Waals surface area contributed by atoms with Gasteiger partial charge >= 0.3 is 0 Å². The van der Waals surface area contributed by atoms with Gasteiger partial charge in [-0.15, -0.1) is 0 Å². The van der Waals surface area contributed by atoms with Crippen LogP contribution < -0.4 is 19.5 Å². The van der Waals surface area contributed by atoms with Crippen LogP contribution in [0.3, 0.4) is 0 Å². The van der Waals surface area contributed by atoms with Gasteiger partial charge in [-0.1, -0.05) is 55.1 Å². The summed E-state index contributed by atoms with van der Waals surface area (Å²) in [4.78, 5) is 0. The smallest absolute Gasteiger partial charge is 0.143 e. The Morgan fingerprint density at radius 3 is 2.22 bits per heavy atom. The summed E-state index contributed by atoms with van der Waals surface area (Å²) in [7, 11) is 4.74. The van der Waals surface area contributed by atoms with E-state index in [0.717, 1.165) is 59.0 Å². The number of para-hydroxylation sites is 1. The van der Waals surface area contributed by atoms with Crippen molar-refractivity contribution in [3.63, 3.8) is 0 Å². The van der Waals surface area contributed by atoms with Crippen LogP contribution in [0.25, 0.3) is 12.2 Å². The van der Waals surface area contributed by atoms with Gasteiger partial charge in [0.05, 0.1) is 40.6 Å². The van der Waals surface area contributed by atoms with Crippen LogP contribution in [0.15, 0.2) is 73.3 Å². The Hall–Kier alpha value is -3.66. The lowest BCUT2D eigenvalue weighted by atomic mass is 9.90. The molecule has 3 aromatic carbocycles. The molecule has 1 aliphatic heterocycles. The molecule has 45 heavy (non-hydrogen) atoms. The predicted molar refractivity (Wildman–Crippen MR) is 184 cm³/mol. The van der Waals surface area contributed by atoms with Gasteiger partial charge in [0.15, 0.2) is 0 Å². The number of rotatable bonds is 14. The first-order valence-corrected chi connectivity index (χ1v) is 15.3. The van der Waals surface area contributed by atoms with Crippen LogP contribution in [0.1, 0.15) is 61.3 Å². The maximum Gasteiger partial charge on any atom is 0.143 e. The highest BCUT2D eigenvalue weighted by Gasteiger charge is 2.14. The third kappa shape index (κ3) is 13.5. The molecule has 1 heterocycles. The predicted octanol–water partition coefficient (Wildman–Crippen LogP) is 6.84. The van der Waals surface area contributed by atoms with E-state index in [9.17, 15) is 0 Å². The van der Waals surface area contributed by atoms with Crippen LogP contribution in [0.2, 0.25) is 0 Å². The summed E-state index contributed by atoms with van der Waals surface area (Å²) < 4.78 is 26.3. The van der Waals surface area contributed by atoms with Crippen LogP contribution >= 0.6 is 0 Å². The molecule has 0 bridgehead atoms. The molecule has 248 valence electrons. The molecule has 1 saturated heterocycles. The fourth-order valence-electron chi connectivity index (χ4n) is 4.83. The lowest BCUT2D eigenvalue weighted by Crippen LogP contribution is -2.26. The largest absolute Gasteiger partial charge is 0.496 e. The lowest BCUT2D eigenvalue weighted by molar-refractivity contribution is 0.0325. The Labute approximate surface area is 270 Å². The zero-order chi connectivity index (χ0) is 32.7. The number of hydrogen-bond donors (Lipinski definition) is 3. The van der Waals surface area contributed by atoms with E-state index in [4.69, 9.17) is 29.2 Å².